The molecule has 16 heavy (non-hydrogen) atoms. The molecule has 2 heterocycles. The Hall–Kier alpha value is -0.380. The largest absolute Gasteiger partial charge is 0.327 e. The Balaban J connectivity index is 2.11. The fourth-order valence-corrected chi connectivity index (χ4v) is 3.52. The molecule has 0 amide bonds. The molecule has 1 aromatic rings. The number of hydrogen-bond donors (Lipinski definition) is 1. The van der Waals surface area contributed by atoms with E-state index < -0.39 is 0 Å². The summed E-state index contributed by atoms with van der Waals surface area (Å²) in [5, 5.41) is 2.16. The van der Waals surface area contributed by atoms with Gasteiger partial charge in [0, 0.05) is 23.0 Å². The lowest BCUT2D eigenvalue weighted by atomic mass is 9.95. The van der Waals surface area contributed by atoms with Crippen molar-refractivity contribution in [2.24, 2.45) is 5.73 Å². The molecule has 3 unspecified atom stereocenters. The van der Waals surface area contributed by atoms with E-state index in [1.54, 1.807) is 0 Å². The zero-order chi connectivity index (χ0) is 11.5. The van der Waals surface area contributed by atoms with E-state index in [2.05, 4.69) is 36.3 Å². The van der Waals surface area contributed by atoms with Gasteiger partial charge in [-0.25, -0.2) is 0 Å². The average molecular weight is 238 g/mol. The van der Waals surface area contributed by atoms with Crippen LogP contribution in [0, 0.1) is 0 Å². The molecular formula is C13H22N2S. The second-order valence-corrected chi connectivity index (χ2v) is 5.83. The van der Waals surface area contributed by atoms with Crippen LogP contribution in [0.5, 0.6) is 0 Å². The number of rotatable bonds is 3. The average Bonchev–Trinajstić information content (AvgIpc) is 2.81. The summed E-state index contributed by atoms with van der Waals surface area (Å²) in [5.41, 5.74) is 6.11. The molecular weight excluding hydrogens is 216 g/mol. The van der Waals surface area contributed by atoms with E-state index in [9.17, 15) is 0 Å². The van der Waals surface area contributed by atoms with Gasteiger partial charge >= 0.3 is 0 Å². The highest BCUT2D eigenvalue weighted by molar-refractivity contribution is 7.10. The van der Waals surface area contributed by atoms with Crippen molar-refractivity contribution in [3.63, 3.8) is 0 Å². The molecule has 2 N–H and O–H groups in total. The smallest absolute Gasteiger partial charge is 0.0416 e. The van der Waals surface area contributed by atoms with Crippen molar-refractivity contribution in [2.75, 3.05) is 6.54 Å². The molecule has 3 heteroatoms. The van der Waals surface area contributed by atoms with E-state index in [0.29, 0.717) is 12.1 Å². The number of hydrogen-bond acceptors (Lipinski definition) is 3. The van der Waals surface area contributed by atoms with Gasteiger partial charge in [-0.05, 0) is 44.7 Å². The highest BCUT2D eigenvalue weighted by atomic mass is 32.1. The third-order valence-electron chi connectivity index (χ3n) is 3.65. The minimum atomic E-state index is 0.280. The maximum Gasteiger partial charge on any atom is 0.0416 e. The SMILES string of the molecule is CC(N)C1CCCCN1C(C)c1cccs1. The molecule has 2 rings (SSSR count). The van der Waals surface area contributed by atoms with Crippen LogP contribution in [0.25, 0.3) is 0 Å². The van der Waals surface area contributed by atoms with Crippen molar-refractivity contribution in [1.29, 1.82) is 0 Å². The molecule has 1 aliphatic heterocycles. The predicted molar refractivity (Wildman–Crippen MR) is 70.7 cm³/mol. The standard InChI is InChI=1S/C13H22N2S/c1-10(14)12-6-3-4-8-15(12)11(2)13-7-5-9-16-13/h5,7,9-12H,3-4,6,8,14H2,1-2H3. The quantitative estimate of drug-likeness (QED) is 0.877. The van der Waals surface area contributed by atoms with Crippen molar-refractivity contribution in [1.82, 2.24) is 4.90 Å². The zero-order valence-corrected chi connectivity index (χ0v) is 11.0. The van der Waals surface area contributed by atoms with Gasteiger partial charge in [-0.3, -0.25) is 4.90 Å². The molecule has 0 spiro atoms. The Kier molecular flexibility index (Phi) is 4.00. The van der Waals surface area contributed by atoms with Crippen molar-refractivity contribution in [2.45, 2.75) is 51.2 Å². The molecule has 1 saturated heterocycles. The summed E-state index contributed by atoms with van der Waals surface area (Å²) >= 11 is 1.86. The van der Waals surface area contributed by atoms with Crippen LogP contribution in [0.15, 0.2) is 17.5 Å². The molecule has 0 aromatic carbocycles. The molecule has 0 saturated carbocycles. The van der Waals surface area contributed by atoms with Gasteiger partial charge < -0.3 is 5.73 Å². The van der Waals surface area contributed by atoms with Crippen LogP contribution in [-0.4, -0.2) is 23.5 Å². The lowest BCUT2D eigenvalue weighted by Crippen LogP contribution is -2.49. The number of nitrogens with two attached hydrogens (primary N) is 1. The first-order valence-electron chi connectivity index (χ1n) is 6.25. The van der Waals surface area contributed by atoms with Crippen LogP contribution < -0.4 is 5.73 Å². The van der Waals surface area contributed by atoms with Crippen LogP contribution in [-0.2, 0) is 0 Å². The van der Waals surface area contributed by atoms with E-state index in [0.717, 1.165) is 0 Å². The summed E-state index contributed by atoms with van der Waals surface area (Å²) in [7, 11) is 0. The predicted octanol–water partition coefficient (Wildman–Crippen LogP) is 3.01. The van der Waals surface area contributed by atoms with Gasteiger partial charge in [-0.15, -0.1) is 11.3 Å². The summed E-state index contributed by atoms with van der Waals surface area (Å²) < 4.78 is 0. The molecule has 1 aliphatic rings. The number of piperidine rings is 1. The van der Waals surface area contributed by atoms with Gasteiger partial charge in [0.15, 0.2) is 0 Å². The molecule has 1 aromatic heterocycles. The Bertz CT molecular complexity index is 308. The van der Waals surface area contributed by atoms with Gasteiger partial charge in [0.05, 0.1) is 0 Å². The Morgan fingerprint density at radius 3 is 2.88 bits per heavy atom. The maximum absolute atomic E-state index is 6.11. The first-order valence-corrected chi connectivity index (χ1v) is 7.13. The van der Waals surface area contributed by atoms with Crippen molar-refractivity contribution in [3.8, 4) is 0 Å². The first-order chi connectivity index (χ1) is 7.70. The number of likely N-dealkylation sites (tertiary alicyclic amines) is 1. The Morgan fingerprint density at radius 1 is 1.44 bits per heavy atom. The van der Waals surface area contributed by atoms with E-state index in [1.807, 2.05) is 11.3 Å². The summed E-state index contributed by atoms with van der Waals surface area (Å²) in [6, 6.07) is 5.74. The fourth-order valence-electron chi connectivity index (χ4n) is 2.72. The van der Waals surface area contributed by atoms with Crippen molar-refractivity contribution in [3.05, 3.63) is 22.4 Å². The lowest BCUT2D eigenvalue weighted by molar-refractivity contribution is 0.0906. The summed E-state index contributed by atoms with van der Waals surface area (Å²) in [5.74, 6) is 0. The summed E-state index contributed by atoms with van der Waals surface area (Å²) in [6.07, 6.45) is 3.91. The second kappa shape index (κ2) is 5.30. The minimum Gasteiger partial charge on any atom is -0.327 e. The summed E-state index contributed by atoms with van der Waals surface area (Å²) in [6.45, 7) is 5.65. The van der Waals surface area contributed by atoms with E-state index in [1.165, 1.54) is 30.7 Å². The third kappa shape index (κ3) is 2.47. The van der Waals surface area contributed by atoms with E-state index in [4.69, 9.17) is 5.73 Å². The highest BCUT2D eigenvalue weighted by Gasteiger charge is 2.29. The molecule has 1 fully saturated rings. The van der Waals surface area contributed by atoms with Crippen LogP contribution in [0.3, 0.4) is 0 Å². The van der Waals surface area contributed by atoms with Crippen molar-refractivity contribution >= 4 is 11.3 Å². The first kappa shape index (κ1) is 12.1. The number of thiophene rings is 1. The number of nitrogens with zero attached hydrogens (tertiary/aromatic N) is 1. The van der Waals surface area contributed by atoms with Crippen molar-refractivity contribution < 1.29 is 0 Å². The van der Waals surface area contributed by atoms with Crippen LogP contribution in [0.1, 0.15) is 44.0 Å². The van der Waals surface area contributed by atoms with E-state index >= 15 is 0 Å². The van der Waals surface area contributed by atoms with Crippen LogP contribution in [0.2, 0.25) is 0 Å². The monoisotopic (exact) mass is 238 g/mol. The van der Waals surface area contributed by atoms with Gasteiger partial charge in [0.25, 0.3) is 0 Å². The second-order valence-electron chi connectivity index (χ2n) is 4.85. The topological polar surface area (TPSA) is 29.3 Å². The maximum atomic E-state index is 6.11. The summed E-state index contributed by atoms with van der Waals surface area (Å²) in [4.78, 5) is 4.06. The minimum absolute atomic E-state index is 0.280. The van der Waals surface area contributed by atoms with Gasteiger partial charge in [0.1, 0.15) is 0 Å². The van der Waals surface area contributed by atoms with Gasteiger partial charge in [-0.2, -0.15) is 0 Å². The fraction of sp³-hybridized carbons (Fsp3) is 0.692. The molecule has 90 valence electrons. The highest BCUT2D eigenvalue weighted by Crippen LogP contribution is 2.31. The molecule has 2 nitrogen and oxygen atoms in total. The Morgan fingerprint density at radius 2 is 2.25 bits per heavy atom. The zero-order valence-electron chi connectivity index (χ0n) is 10.2. The Labute approximate surface area is 102 Å². The van der Waals surface area contributed by atoms with Gasteiger partial charge in [0.2, 0.25) is 0 Å². The third-order valence-corrected chi connectivity index (χ3v) is 4.69. The van der Waals surface area contributed by atoms with Crippen LogP contribution in [0.4, 0.5) is 0 Å². The molecule has 0 radical (unpaired) electrons. The van der Waals surface area contributed by atoms with Gasteiger partial charge in [-0.1, -0.05) is 12.5 Å². The molecule has 0 bridgehead atoms. The molecule has 0 aliphatic carbocycles. The molecule has 3 atom stereocenters. The van der Waals surface area contributed by atoms with E-state index in [-0.39, 0.29) is 6.04 Å². The normalized spacial score (nSPS) is 26.6. The lowest BCUT2D eigenvalue weighted by Gasteiger charge is -2.41. The van der Waals surface area contributed by atoms with Crippen LogP contribution >= 0.6 is 11.3 Å².